The van der Waals surface area contributed by atoms with Crippen LogP contribution in [0.15, 0.2) is 11.1 Å². The van der Waals surface area contributed by atoms with Crippen molar-refractivity contribution in [2.45, 2.75) is 17.4 Å². The maximum atomic E-state index is 12.6. The highest BCUT2D eigenvalue weighted by atomic mass is 35.7. The van der Waals surface area contributed by atoms with Crippen LogP contribution in [0.1, 0.15) is 5.56 Å². The Morgan fingerprint density at radius 2 is 1.73 bits per heavy atom. The van der Waals surface area contributed by atoms with Crippen molar-refractivity contribution >= 4 is 25.4 Å². The largest absolute Gasteiger partial charge is 0.574 e. The summed E-state index contributed by atoms with van der Waals surface area (Å²) in [5, 5.41) is 10.7. The first-order chi connectivity index (χ1) is 9.64. The molecule has 0 aromatic carbocycles. The zero-order valence-corrected chi connectivity index (χ0v) is 11.1. The molecule has 0 unspecified atom stereocenters. The molecule has 0 radical (unpaired) electrons. The Bertz CT molecular complexity index is 715. The molecule has 7 nitrogen and oxygen atoms in total. The number of alkyl halides is 6. The quantitative estimate of drug-likeness (QED) is 0.349. The van der Waals surface area contributed by atoms with Crippen LogP contribution in [0, 0.1) is 10.1 Å². The van der Waals surface area contributed by atoms with E-state index in [2.05, 4.69) is 20.4 Å². The summed E-state index contributed by atoms with van der Waals surface area (Å²) in [6.45, 7) is 0. The summed E-state index contributed by atoms with van der Waals surface area (Å²) in [5.41, 5.74) is -4.38. The first kappa shape index (κ1) is 18.2. The van der Waals surface area contributed by atoms with Crippen LogP contribution in [0.3, 0.4) is 0 Å². The molecule has 0 bridgehead atoms. The standard InChI is InChI=1S/C7HClF6N2O5S/c8-22(19,20)4-2(6(9,10)11)1-15-5(3(4)16(17)18)21-7(12,13)14/h1H. The molecule has 1 rings (SSSR count). The lowest BCUT2D eigenvalue weighted by molar-refractivity contribution is -0.392. The van der Waals surface area contributed by atoms with Crippen LogP contribution in [0.2, 0.25) is 0 Å². The molecule has 0 fully saturated rings. The second-order valence-electron chi connectivity index (χ2n) is 3.40. The number of ether oxygens (including phenoxy) is 1. The summed E-state index contributed by atoms with van der Waals surface area (Å²) in [5.74, 6) is -2.00. The number of hydrogen-bond donors (Lipinski definition) is 0. The van der Waals surface area contributed by atoms with Crippen molar-refractivity contribution < 1.29 is 44.4 Å². The predicted octanol–water partition coefficient (Wildman–Crippen LogP) is 2.83. The van der Waals surface area contributed by atoms with Gasteiger partial charge >= 0.3 is 24.1 Å². The summed E-state index contributed by atoms with van der Waals surface area (Å²) < 4.78 is 99.4. The minimum Gasteiger partial charge on any atom is -0.381 e. The van der Waals surface area contributed by atoms with E-state index in [1.807, 2.05) is 0 Å². The fraction of sp³-hybridized carbons (Fsp3) is 0.286. The van der Waals surface area contributed by atoms with E-state index in [-0.39, 0.29) is 6.20 Å². The van der Waals surface area contributed by atoms with Gasteiger partial charge in [-0.2, -0.15) is 13.2 Å². The third-order valence-electron chi connectivity index (χ3n) is 1.92. The van der Waals surface area contributed by atoms with Crippen molar-refractivity contribution in [2.75, 3.05) is 0 Å². The van der Waals surface area contributed by atoms with E-state index in [0.717, 1.165) is 0 Å². The second kappa shape index (κ2) is 5.42. The Labute approximate surface area is 121 Å². The lowest BCUT2D eigenvalue weighted by atomic mass is 10.2. The first-order valence-electron chi connectivity index (χ1n) is 4.59. The monoisotopic (exact) mass is 374 g/mol. The molecule has 0 aliphatic carbocycles. The highest BCUT2D eigenvalue weighted by molar-refractivity contribution is 8.13. The molecule has 0 saturated heterocycles. The Morgan fingerprint density at radius 1 is 1.23 bits per heavy atom. The molecule has 0 aliphatic heterocycles. The molecule has 0 atom stereocenters. The van der Waals surface area contributed by atoms with Gasteiger partial charge in [0.15, 0.2) is 4.90 Å². The molecular weight excluding hydrogens is 374 g/mol. The van der Waals surface area contributed by atoms with Gasteiger partial charge in [0.1, 0.15) is 5.56 Å². The fourth-order valence-electron chi connectivity index (χ4n) is 1.26. The van der Waals surface area contributed by atoms with Gasteiger partial charge in [-0.05, 0) is 0 Å². The summed E-state index contributed by atoms with van der Waals surface area (Å²) in [6.07, 6.45) is -11.4. The fourth-order valence-corrected chi connectivity index (χ4v) is 2.55. The third kappa shape index (κ3) is 4.09. The zero-order valence-electron chi connectivity index (χ0n) is 9.57. The molecule has 124 valence electrons. The maximum Gasteiger partial charge on any atom is 0.574 e. The molecule has 1 heterocycles. The average Bonchev–Trinajstić information content (AvgIpc) is 2.22. The van der Waals surface area contributed by atoms with Crippen LogP contribution in [0.4, 0.5) is 32.0 Å². The predicted molar refractivity (Wildman–Crippen MR) is 55.6 cm³/mol. The SMILES string of the molecule is O=[N+]([O-])c1c(OC(F)(F)F)ncc(C(F)(F)F)c1S(=O)(=O)Cl. The number of rotatable bonds is 3. The van der Waals surface area contributed by atoms with Crippen molar-refractivity contribution in [3.8, 4) is 5.88 Å². The summed E-state index contributed by atoms with van der Waals surface area (Å²) in [6, 6.07) is 0. The van der Waals surface area contributed by atoms with Crippen molar-refractivity contribution in [1.82, 2.24) is 4.98 Å². The minimum atomic E-state index is -5.56. The number of nitrogens with zero attached hydrogens (tertiary/aromatic N) is 2. The lowest BCUT2D eigenvalue weighted by Crippen LogP contribution is -2.21. The highest BCUT2D eigenvalue weighted by Crippen LogP contribution is 2.44. The highest BCUT2D eigenvalue weighted by Gasteiger charge is 2.46. The molecular formula is C7HClF6N2O5S. The topological polar surface area (TPSA) is 99.4 Å². The van der Waals surface area contributed by atoms with E-state index in [4.69, 9.17) is 0 Å². The molecule has 0 aliphatic rings. The van der Waals surface area contributed by atoms with Gasteiger partial charge in [0.2, 0.25) is 0 Å². The smallest absolute Gasteiger partial charge is 0.381 e. The lowest BCUT2D eigenvalue weighted by Gasteiger charge is -2.13. The Kier molecular flexibility index (Phi) is 4.49. The molecule has 0 spiro atoms. The summed E-state index contributed by atoms with van der Waals surface area (Å²) in [7, 11) is -0.782. The third-order valence-corrected chi connectivity index (χ3v) is 3.28. The molecule has 1 aromatic heterocycles. The van der Waals surface area contributed by atoms with Crippen LogP contribution in [-0.4, -0.2) is 24.7 Å². The van der Waals surface area contributed by atoms with E-state index in [1.54, 1.807) is 0 Å². The number of hydrogen-bond acceptors (Lipinski definition) is 6. The van der Waals surface area contributed by atoms with Gasteiger partial charge in [-0.25, -0.2) is 13.4 Å². The van der Waals surface area contributed by atoms with Gasteiger partial charge < -0.3 is 4.74 Å². The van der Waals surface area contributed by atoms with Crippen LogP contribution in [-0.2, 0) is 15.2 Å². The van der Waals surface area contributed by atoms with Crippen molar-refractivity contribution in [1.29, 1.82) is 0 Å². The second-order valence-corrected chi connectivity index (χ2v) is 5.90. The Hall–Kier alpha value is -1.83. The van der Waals surface area contributed by atoms with Crippen LogP contribution in [0.25, 0.3) is 0 Å². The van der Waals surface area contributed by atoms with Gasteiger partial charge in [0, 0.05) is 16.9 Å². The van der Waals surface area contributed by atoms with Crippen LogP contribution < -0.4 is 4.74 Å². The summed E-state index contributed by atoms with van der Waals surface area (Å²) in [4.78, 5) is 9.15. The Morgan fingerprint density at radius 3 is 2.05 bits per heavy atom. The summed E-state index contributed by atoms with van der Waals surface area (Å²) >= 11 is 0. The molecule has 15 heteroatoms. The average molecular weight is 375 g/mol. The van der Waals surface area contributed by atoms with E-state index < -0.39 is 48.5 Å². The molecule has 1 aromatic rings. The number of aromatic nitrogens is 1. The molecule has 0 amide bonds. The molecule has 0 N–H and O–H groups in total. The van der Waals surface area contributed by atoms with Crippen molar-refractivity contribution in [2.24, 2.45) is 0 Å². The molecule has 0 saturated carbocycles. The normalized spacial score (nSPS) is 13.0. The maximum absolute atomic E-state index is 12.6. The van der Waals surface area contributed by atoms with E-state index >= 15 is 0 Å². The van der Waals surface area contributed by atoms with E-state index in [0.29, 0.717) is 0 Å². The van der Waals surface area contributed by atoms with Gasteiger partial charge in [-0.3, -0.25) is 10.1 Å². The van der Waals surface area contributed by atoms with Crippen LogP contribution >= 0.6 is 10.7 Å². The van der Waals surface area contributed by atoms with Gasteiger partial charge in [0.25, 0.3) is 9.05 Å². The van der Waals surface area contributed by atoms with Gasteiger partial charge in [-0.1, -0.05) is 0 Å². The Balaban J connectivity index is 3.86. The number of pyridine rings is 1. The molecule has 22 heavy (non-hydrogen) atoms. The number of halogens is 7. The van der Waals surface area contributed by atoms with Crippen molar-refractivity contribution in [3.63, 3.8) is 0 Å². The first-order valence-corrected chi connectivity index (χ1v) is 6.90. The van der Waals surface area contributed by atoms with Crippen molar-refractivity contribution in [3.05, 3.63) is 21.9 Å². The minimum absolute atomic E-state index is 0.372. The number of nitro groups is 1. The van der Waals surface area contributed by atoms with E-state index in [1.165, 1.54) is 0 Å². The van der Waals surface area contributed by atoms with Gasteiger partial charge in [0.05, 0.1) is 4.92 Å². The van der Waals surface area contributed by atoms with E-state index in [9.17, 15) is 44.9 Å². The zero-order chi connectivity index (χ0) is 17.5. The van der Waals surface area contributed by atoms with Gasteiger partial charge in [-0.15, -0.1) is 13.2 Å². The van der Waals surface area contributed by atoms with Crippen LogP contribution in [0.5, 0.6) is 5.88 Å².